The second-order valence-corrected chi connectivity index (χ2v) is 7.11. The third-order valence-corrected chi connectivity index (χ3v) is 5.24. The summed E-state index contributed by atoms with van der Waals surface area (Å²) in [7, 11) is 0. The van der Waals surface area contributed by atoms with Crippen LogP contribution >= 0.6 is 11.3 Å². The lowest BCUT2D eigenvalue weighted by atomic mass is 9.89. The van der Waals surface area contributed by atoms with Gasteiger partial charge >= 0.3 is 5.97 Å². The van der Waals surface area contributed by atoms with E-state index in [-0.39, 0.29) is 11.3 Å². The van der Waals surface area contributed by atoms with Gasteiger partial charge in [-0.15, -0.1) is 11.3 Å². The lowest BCUT2D eigenvalue weighted by Crippen LogP contribution is -2.33. The van der Waals surface area contributed by atoms with Gasteiger partial charge < -0.3 is 10.4 Å². The zero-order chi connectivity index (χ0) is 15.5. The Balaban J connectivity index is 1.99. The highest BCUT2D eigenvalue weighted by atomic mass is 32.1. The standard InChI is InChI=1S/C16H21NO3S/c1-11-9-13(21-12(11)5-6-14(18)19)15(20)17-10-16(2)7-3-4-8-16/h5-6,9H,3-4,7-8,10H2,1-2H3,(H,17,20)(H,18,19)/b6-5+. The van der Waals surface area contributed by atoms with Crippen molar-refractivity contribution in [3.63, 3.8) is 0 Å². The number of aryl methyl sites for hydroxylation is 1. The van der Waals surface area contributed by atoms with Crippen LogP contribution in [0.3, 0.4) is 0 Å². The van der Waals surface area contributed by atoms with E-state index in [0.29, 0.717) is 11.4 Å². The number of rotatable bonds is 5. The number of carboxylic acid groups (broad SMARTS) is 1. The van der Waals surface area contributed by atoms with Gasteiger partial charge in [0.1, 0.15) is 0 Å². The van der Waals surface area contributed by atoms with Crippen LogP contribution in [0, 0.1) is 12.3 Å². The monoisotopic (exact) mass is 307 g/mol. The number of carboxylic acids is 1. The molecule has 5 heteroatoms. The Morgan fingerprint density at radius 2 is 2.10 bits per heavy atom. The lowest BCUT2D eigenvalue weighted by Gasteiger charge is -2.23. The van der Waals surface area contributed by atoms with Gasteiger partial charge in [0.15, 0.2) is 0 Å². The Hall–Kier alpha value is -1.62. The van der Waals surface area contributed by atoms with Crippen molar-refractivity contribution in [3.8, 4) is 0 Å². The van der Waals surface area contributed by atoms with Gasteiger partial charge in [0.25, 0.3) is 5.91 Å². The molecule has 1 aliphatic rings. The molecule has 4 nitrogen and oxygen atoms in total. The van der Waals surface area contributed by atoms with E-state index < -0.39 is 5.97 Å². The van der Waals surface area contributed by atoms with Gasteiger partial charge in [0, 0.05) is 17.5 Å². The smallest absolute Gasteiger partial charge is 0.328 e. The summed E-state index contributed by atoms with van der Waals surface area (Å²) in [5.41, 5.74) is 1.16. The molecule has 1 saturated carbocycles. The summed E-state index contributed by atoms with van der Waals surface area (Å²) in [5, 5.41) is 11.7. The number of thiophene rings is 1. The van der Waals surface area contributed by atoms with Crippen LogP contribution in [0.1, 0.15) is 52.7 Å². The third-order valence-electron chi connectivity index (χ3n) is 4.04. The molecular formula is C16H21NO3S. The summed E-state index contributed by atoms with van der Waals surface area (Å²) < 4.78 is 0. The summed E-state index contributed by atoms with van der Waals surface area (Å²) in [6.45, 7) is 4.82. The molecule has 1 fully saturated rings. The first-order valence-corrected chi connectivity index (χ1v) is 8.01. The summed E-state index contributed by atoms with van der Waals surface area (Å²) >= 11 is 1.33. The topological polar surface area (TPSA) is 66.4 Å². The van der Waals surface area contributed by atoms with E-state index in [9.17, 15) is 9.59 Å². The van der Waals surface area contributed by atoms with Crippen molar-refractivity contribution in [2.75, 3.05) is 6.54 Å². The van der Waals surface area contributed by atoms with Gasteiger partial charge in [-0.05, 0) is 42.9 Å². The number of hydrogen-bond donors (Lipinski definition) is 2. The van der Waals surface area contributed by atoms with Crippen LogP contribution in [-0.2, 0) is 4.79 Å². The molecule has 1 heterocycles. The van der Waals surface area contributed by atoms with Gasteiger partial charge in [-0.2, -0.15) is 0 Å². The van der Waals surface area contributed by atoms with E-state index in [1.807, 2.05) is 13.0 Å². The van der Waals surface area contributed by atoms with Crippen LogP contribution in [0.25, 0.3) is 6.08 Å². The van der Waals surface area contributed by atoms with Crippen molar-refractivity contribution >= 4 is 29.3 Å². The molecule has 0 saturated heterocycles. The molecule has 0 aliphatic heterocycles. The van der Waals surface area contributed by atoms with Crippen LogP contribution in [0.15, 0.2) is 12.1 Å². The van der Waals surface area contributed by atoms with Crippen LogP contribution < -0.4 is 5.32 Å². The SMILES string of the molecule is Cc1cc(C(=O)NCC2(C)CCCC2)sc1/C=C/C(=O)O. The summed E-state index contributed by atoms with van der Waals surface area (Å²) in [5.74, 6) is -1.05. The van der Waals surface area contributed by atoms with Crippen LogP contribution in [0.5, 0.6) is 0 Å². The minimum absolute atomic E-state index is 0.0637. The highest BCUT2D eigenvalue weighted by Crippen LogP contribution is 2.36. The molecule has 1 aliphatic carbocycles. The molecule has 0 bridgehead atoms. The zero-order valence-electron chi connectivity index (χ0n) is 12.4. The first-order chi connectivity index (χ1) is 9.89. The fourth-order valence-corrected chi connectivity index (χ4v) is 3.70. The molecule has 2 N–H and O–H groups in total. The van der Waals surface area contributed by atoms with Crippen molar-refractivity contribution < 1.29 is 14.7 Å². The summed E-state index contributed by atoms with van der Waals surface area (Å²) in [4.78, 5) is 24.2. The largest absolute Gasteiger partial charge is 0.478 e. The quantitative estimate of drug-likeness (QED) is 0.819. The van der Waals surface area contributed by atoms with Crippen molar-refractivity contribution in [2.45, 2.75) is 39.5 Å². The van der Waals surface area contributed by atoms with Crippen molar-refractivity contribution in [3.05, 3.63) is 27.5 Å². The van der Waals surface area contributed by atoms with E-state index >= 15 is 0 Å². The minimum atomic E-state index is -0.983. The third kappa shape index (κ3) is 4.17. The average Bonchev–Trinajstić information content (AvgIpc) is 3.01. The van der Waals surface area contributed by atoms with Crippen molar-refractivity contribution in [1.82, 2.24) is 5.32 Å². The van der Waals surface area contributed by atoms with E-state index in [2.05, 4.69) is 12.2 Å². The Morgan fingerprint density at radius 3 is 2.71 bits per heavy atom. The van der Waals surface area contributed by atoms with Crippen LogP contribution in [0.4, 0.5) is 0 Å². The first kappa shape index (κ1) is 15.8. The fraction of sp³-hybridized carbons (Fsp3) is 0.500. The molecule has 21 heavy (non-hydrogen) atoms. The maximum atomic E-state index is 12.2. The Kier molecular flexibility index (Phi) is 4.83. The van der Waals surface area contributed by atoms with Crippen molar-refractivity contribution in [1.29, 1.82) is 0 Å². The number of hydrogen-bond acceptors (Lipinski definition) is 3. The average molecular weight is 307 g/mol. The Bertz CT molecular complexity index is 568. The molecule has 0 aromatic carbocycles. The predicted molar refractivity (Wildman–Crippen MR) is 84.6 cm³/mol. The molecule has 1 amide bonds. The second kappa shape index (κ2) is 6.43. The molecule has 1 aromatic heterocycles. The summed E-state index contributed by atoms with van der Waals surface area (Å²) in [6, 6.07) is 1.82. The van der Waals surface area contributed by atoms with Gasteiger partial charge in [0.05, 0.1) is 4.88 Å². The number of carbonyl (C=O) groups is 2. The van der Waals surface area contributed by atoms with E-state index in [1.54, 1.807) is 0 Å². The highest BCUT2D eigenvalue weighted by Gasteiger charge is 2.29. The van der Waals surface area contributed by atoms with E-state index in [1.165, 1.54) is 43.1 Å². The second-order valence-electron chi connectivity index (χ2n) is 6.03. The molecule has 0 radical (unpaired) electrons. The van der Waals surface area contributed by atoms with Gasteiger partial charge in [-0.3, -0.25) is 4.79 Å². The normalized spacial score (nSPS) is 17.2. The fourth-order valence-electron chi connectivity index (χ4n) is 2.71. The van der Waals surface area contributed by atoms with Crippen LogP contribution in [0.2, 0.25) is 0 Å². The zero-order valence-corrected chi connectivity index (χ0v) is 13.3. The lowest BCUT2D eigenvalue weighted by molar-refractivity contribution is -0.131. The first-order valence-electron chi connectivity index (χ1n) is 7.19. The number of aliphatic carboxylic acids is 1. The number of nitrogens with one attached hydrogen (secondary N) is 1. The Morgan fingerprint density at radius 1 is 1.43 bits per heavy atom. The molecule has 0 spiro atoms. The Labute approximate surface area is 128 Å². The van der Waals surface area contributed by atoms with Gasteiger partial charge in [-0.25, -0.2) is 4.79 Å². The van der Waals surface area contributed by atoms with E-state index in [0.717, 1.165) is 16.5 Å². The molecule has 114 valence electrons. The predicted octanol–water partition coefficient (Wildman–Crippen LogP) is 3.46. The number of carbonyl (C=O) groups excluding carboxylic acids is 1. The molecule has 2 rings (SSSR count). The van der Waals surface area contributed by atoms with Gasteiger partial charge in [0.2, 0.25) is 0 Å². The minimum Gasteiger partial charge on any atom is -0.478 e. The van der Waals surface area contributed by atoms with Gasteiger partial charge in [-0.1, -0.05) is 19.8 Å². The maximum absolute atomic E-state index is 12.2. The molecular weight excluding hydrogens is 286 g/mol. The van der Waals surface area contributed by atoms with Crippen LogP contribution in [-0.4, -0.2) is 23.5 Å². The molecule has 1 aromatic rings. The highest BCUT2D eigenvalue weighted by molar-refractivity contribution is 7.15. The van der Waals surface area contributed by atoms with E-state index in [4.69, 9.17) is 5.11 Å². The molecule has 0 atom stereocenters. The maximum Gasteiger partial charge on any atom is 0.328 e. The molecule has 0 unspecified atom stereocenters. The number of amides is 1. The summed E-state index contributed by atoms with van der Waals surface area (Å²) in [6.07, 6.45) is 7.47. The van der Waals surface area contributed by atoms with Crippen molar-refractivity contribution in [2.24, 2.45) is 5.41 Å².